The Kier molecular flexibility index (Phi) is 71.6. The van der Waals surface area contributed by atoms with Crippen molar-refractivity contribution < 1.29 is 72.8 Å². The zero-order valence-electron chi connectivity index (χ0n) is 66.3. The molecule has 4 aromatic heterocycles. The van der Waals surface area contributed by atoms with Crippen molar-refractivity contribution in [1.29, 1.82) is 0 Å². The van der Waals surface area contributed by atoms with Crippen LogP contribution in [-0.2, 0) is 39.8 Å². The predicted molar refractivity (Wildman–Crippen MR) is 521 cm³/mol. The fraction of sp³-hybridized carbons (Fsp3) is 0.573. The molecule has 0 radical (unpaired) electrons. The van der Waals surface area contributed by atoms with Gasteiger partial charge < -0.3 is 45.4 Å². The summed E-state index contributed by atoms with van der Waals surface area (Å²) in [5.74, 6) is -1.03. The van der Waals surface area contributed by atoms with Crippen LogP contribution in [0.25, 0.3) is 0 Å². The summed E-state index contributed by atoms with van der Waals surface area (Å²) in [6.45, 7) is 19.5. The van der Waals surface area contributed by atoms with Gasteiger partial charge in [0.15, 0.2) is 62.7 Å². The van der Waals surface area contributed by atoms with Gasteiger partial charge in [0.1, 0.15) is 12.2 Å². The lowest BCUT2D eigenvalue weighted by Crippen LogP contribution is -2.40. The number of rotatable bonds is 49. The highest BCUT2D eigenvalue weighted by Crippen LogP contribution is 2.39. The lowest BCUT2D eigenvalue weighted by Gasteiger charge is -2.20. The highest BCUT2D eigenvalue weighted by Gasteiger charge is 2.41. The first-order chi connectivity index (χ1) is 52.6. The van der Waals surface area contributed by atoms with Crippen molar-refractivity contribution in [3.05, 3.63) is 264 Å². The predicted octanol–water partition coefficient (Wildman–Crippen LogP) is 24.8. The summed E-state index contributed by atoms with van der Waals surface area (Å²) >= 11 is 0. The van der Waals surface area contributed by atoms with Gasteiger partial charge in [-0.3, -0.25) is 0 Å². The second-order valence-electron chi connectivity index (χ2n) is 30.6. The van der Waals surface area contributed by atoms with E-state index in [1.807, 2.05) is 87.5 Å². The van der Waals surface area contributed by atoms with Gasteiger partial charge in [0.2, 0.25) is 13.1 Å². The van der Waals surface area contributed by atoms with E-state index in [1.54, 1.807) is 4.57 Å². The first-order valence-electron chi connectivity index (χ1n) is 40.5. The monoisotopic (exact) mass is 1740 g/mol. The topological polar surface area (TPSA) is 221 Å². The zero-order valence-corrected chi connectivity index (χ0v) is 69.1. The maximum atomic E-state index is 12.9. The second-order valence-corrected chi connectivity index (χ2v) is 35.5. The highest BCUT2D eigenvalue weighted by molar-refractivity contribution is 7.46. The molecule has 0 aliphatic rings. The van der Waals surface area contributed by atoms with Crippen LogP contribution in [0.5, 0.6) is 0 Å². The minimum absolute atomic E-state index is 0. The van der Waals surface area contributed by atoms with Crippen LogP contribution < -0.4 is 18.3 Å². The molecule has 8 N–H and O–H groups in total. The van der Waals surface area contributed by atoms with E-state index >= 15 is 0 Å². The number of nitrogens with zero attached hydrogens (tertiary/aromatic N) is 4. The number of hydrogen-bond donors (Lipinski definition) is 8. The van der Waals surface area contributed by atoms with Crippen LogP contribution in [0, 0.1) is 0 Å². The van der Waals surface area contributed by atoms with Crippen molar-refractivity contribution in [3.8, 4) is 0 Å². The molecule has 19 unspecified atom stereocenters. The Morgan fingerprint density at radius 2 is 0.529 bits per heavy atom. The third kappa shape index (κ3) is 44.5. The molecule has 4 heterocycles. The molecule has 4 aromatic carbocycles. The van der Waals surface area contributed by atoms with E-state index in [9.17, 15) is 50.0 Å². The van der Waals surface area contributed by atoms with Crippen LogP contribution in [0.1, 0.15) is 346 Å². The van der Waals surface area contributed by atoms with Crippen molar-refractivity contribution in [2.45, 2.75) is 375 Å². The lowest BCUT2D eigenvalue weighted by atomic mass is 9.85. The Hall–Kier alpha value is -6.25. The van der Waals surface area contributed by atoms with Gasteiger partial charge in [0.25, 0.3) is 11.7 Å². The summed E-state index contributed by atoms with van der Waals surface area (Å²) in [6, 6.07) is 59.4. The van der Waals surface area contributed by atoms with E-state index in [1.165, 1.54) is 44.5 Å². The molecular weight excluding hydrogens is 1560 g/mol. The van der Waals surface area contributed by atoms with Gasteiger partial charge in [-0.25, -0.2) is 9.13 Å². The van der Waals surface area contributed by atoms with Gasteiger partial charge in [-0.15, -0.1) is 0 Å². The molecule has 0 amide bonds. The molecule has 686 valence electrons. The summed E-state index contributed by atoms with van der Waals surface area (Å²) < 4.78 is 39.1. The molecule has 0 aliphatic carbocycles. The third-order valence-electron chi connectivity index (χ3n) is 22.1. The summed E-state index contributed by atoms with van der Waals surface area (Å²) in [5.41, 5.74) is 10.5. The number of unbranched alkanes of at least 4 members (excludes halogenated alkanes) is 2. The van der Waals surface area contributed by atoms with Gasteiger partial charge in [-0.05, 0) is 175 Å². The number of aliphatic hydroxyl groups is 8. The molecule has 18 heteroatoms. The van der Waals surface area contributed by atoms with Gasteiger partial charge >= 0.3 is 27.3 Å². The molecular formula is C103H179N4O11P3+6. The molecule has 0 saturated heterocycles. The van der Waals surface area contributed by atoms with Crippen molar-refractivity contribution in [1.82, 2.24) is 0 Å². The Morgan fingerprint density at radius 3 is 0.810 bits per heavy atom. The molecule has 8 rings (SSSR count). The van der Waals surface area contributed by atoms with E-state index in [-0.39, 0.29) is 130 Å². The van der Waals surface area contributed by atoms with Gasteiger partial charge in [0, 0.05) is 83.0 Å². The van der Waals surface area contributed by atoms with Crippen LogP contribution in [-0.4, -0.2) is 101 Å². The zero-order chi connectivity index (χ0) is 78.5. The minimum Gasteiger partial charge on any atom is -0.393 e. The minimum atomic E-state index is -2.28. The van der Waals surface area contributed by atoms with Crippen LogP contribution >= 0.6 is 24.4 Å². The van der Waals surface area contributed by atoms with Gasteiger partial charge in [-0.2, -0.15) is 9.13 Å². The largest absolute Gasteiger partial charge is 0.408 e. The molecule has 0 saturated carbocycles. The standard InChI is InChI=1S/C46H67N2O5P.C45H64N2O6P2.12CH4/c1-5-37(41-15-11-8-12-16-41)30-36(4)40-17-23-47(24-18-40)33-45(51)31-43(49)21-27-53-54-28-22-44(50)32-46(52)34-48-25-19-42(20-26-48)38(6-2)29-35(3)39-13-9-7-10-14-39;1-5-36(40-18-12-8-13-19-40)31-35(4)39-22-26-46(27-23-39)32-44(50)54(52)42(48)20-14-9-15-21-43(49)55(53)45(51)33-47-28-24-41(25-29-47)37(6-2)30-34(3)38-16-10-7-11-17-38;;;;;;;;;;;;/h7-20,23-26,35-38,43-46,49-52,54H,5-6,21-22,27-34H2,1-4H3;7-8,10-13,16-19,22-29,34-37,42-45,48-51H,5-6,9,14-15,20-21,30-33H2,1-4H3;12*1H4/q+2;+4;;;;;;;;;;;;. The Bertz CT molecular complexity index is 3770. The quantitative estimate of drug-likeness (QED) is 0.0102. The van der Waals surface area contributed by atoms with E-state index in [4.69, 9.17) is 4.52 Å². The molecule has 121 heavy (non-hydrogen) atoms. The third-order valence-corrected chi connectivity index (χ3v) is 26.2. The highest BCUT2D eigenvalue weighted by atomic mass is 31.1. The number of hydrogen-bond acceptors (Lipinski definition) is 11. The number of aromatic nitrogens is 4. The van der Waals surface area contributed by atoms with Crippen LogP contribution in [0.15, 0.2) is 219 Å². The first kappa shape index (κ1) is 126. The van der Waals surface area contributed by atoms with Crippen molar-refractivity contribution in [2.75, 3.05) is 12.8 Å². The van der Waals surface area contributed by atoms with E-state index < -0.39 is 63.4 Å². The number of benzene rings is 4. The number of pyridine rings is 4. The van der Waals surface area contributed by atoms with E-state index in [0.717, 1.165) is 51.4 Å². The Balaban J connectivity index is -0.000000497. The van der Waals surface area contributed by atoms with Gasteiger partial charge in [-0.1, -0.05) is 281 Å². The fourth-order valence-corrected chi connectivity index (χ4v) is 18.3. The van der Waals surface area contributed by atoms with Crippen LogP contribution in [0.2, 0.25) is 0 Å². The Morgan fingerprint density at radius 1 is 0.289 bits per heavy atom. The average Bonchev–Trinajstić information content (AvgIpc) is 0.865. The summed E-state index contributed by atoms with van der Waals surface area (Å²) in [5, 5.41) is 84.8. The first-order valence-corrected chi connectivity index (χ1v) is 44.4. The molecule has 15 nitrogen and oxygen atoms in total. The van der Waals surface area contributed by atoms with E-state index in [0.29, 0.717) is 112 Å². The normalized spacial score (nSPS) is 14.9. The molecule has 8 aromatic rings. The molecule has 0 fully saturated rings. The smallest absolute Gasteiger partial charge is 0.393 e. The number of aliphatic hydroxyl groups excluding tert-OH is 8. The lowest BCUT2D eigenvalue weighted by molar-refractivity contribution is -0.704. The average molecular weight is 1740 g/mol. The van der Waals surface area contributed by atoms with E-state index in [2.05, 4.69) is 201 Å². The van der Waals surface area contributed by atoms with Gasteiger partial charge in [0.05, 0.1) is 18.8 Å². The summed E-state index contributed by atoms with van der Waals surface area (Å²) in [4.78, 5) is 0. The van der Waals surface area contributed by atoms with Crippen molar-refractivity contribution >= 4 is 24.4 Å². The molecule has 0 spiro atoms. The maximum Gasteiger partial charge on any atom is 0.408 e. The van der Waals surface area contributed by atoms with Crippen molar-refractivity contribution in [2.24, 2.45) is 0 Å². The van der Waals surface area contributed by atoms with Crippen LogP contribution in [0.3, 0.4) is 0 Å². The SMILES string of the molecule is C.C.C.C.C.C.C.C.C.C.C.C.CCC(CC(C)c1cc[n+](CC(O)CC(O)CCOPCCC(O)CC(O)C[n+]2ccc(C(CC)CC(C)c3ccccc3)cc2)cc1)c1ccccc1.CCC(CC(C)c1cc[n+](CC(O)[P+](=O)C(O)CCCCCC(O)[P+](=O)C(O)C[n+]2ccc(C(CC)CC(C)c3ccccc3)cc2)cc1)c1ccccc1. The van der Waals surface area contributed by atoms with Crippen molar-refractivity contribution in [3.63, 3.8) is 0 Å². The fourth-order valence-electron chi connectivity index (χ4n) is 15.1. The second kappa shape index (κ2) is 69.0. The Labute approximate surface area is 744 Å². The maximum absolute atomic E-state index is 12.9. The molecule has 0 aliphatic heterocycles. The summed E-state index contributed by atoms with van der Waals surface area (Å²) in [7, 11) is -4.34. The van der Waals surface area contributed by atoms with Crippen LogP contribution in [0.4, 0.5) is 0 Å². The summed E-state index contributed by atoms with van der Waals surface area (Å²) in [6.07, 6.45) is 26.3. The molecule has 19 atom stereocenters. The molecule has 0 bridgehead atoms.